The lowest BCUT2D eigenvalue weighted by molar-refractivity contribution is 0.287. The molecule has 2 aromatic heterocycles. The first-order valence-electron chi connectivity index (χ1n) is 9.00. The van der Waals surface area contributed by atoms with Crippen LogP contribution < -0.4 is 10.1 Å². The molecule has 0 spiro atoms. The molecule has 1 saturated carbocycles. The highest BCUT2D eigenvalue weighted by molar-refractivity contribution is 6.20. The monoisotopic (exact) mass is 429 g/mol. The molecule has 1 aliphatic carbocycles. The van der Waals surface area contributed by atoms with E-state index in [-0.39, 0.29) is 35.2 Å². The average Bonchev–Trinajstić information content (AvgIpc) is 3.34. The summed E-state index contributed by atoms with van der Waals surface area (Å²) in [6.07, 6.45) is 4.39. The molecule has 0 radical (unpaired) electrons. The molecule has 4 rings (SSSR count). The van der Waals surface area contributed by atoms with Gasteiger partial charge < -0.3 is 10.1 Å². The van der Waals surface area contributed by atoms with Gasteiger partial charge in [0.1, 0.15) is 12.1 Å². The van der Waals surface area contributed by atoms with E-state index >= 15 is 0 Å². The van der Waals surface area contributed by atoms with Crippen LogP contribution in [0.4, 0.5) is 23.4 Å². The average molecular weight is 430 g/mol. The summed E-state index contributed by atoms with van der Waals surface area (Å²) in [7, 11) is 0. The fourth-order valence-corrected chi connectivity index (χ4v) is 3.81. The number of ether oxygens (including phenoxy) is 1. The Morgan fingerprint density at radius 3 is 2.48 bits per heavy atom. The third-order valence-corrected chi connectivity index (χ3v) is 5.19. The first kappa shape index (κ1) is 19.7. The predicted molar refractivity (Wildman–Crippen MR) is 98.1 cm³/mol. The van der Waals surface area contributed by atoms with Crippen molar-refractivity contribution in [2.75, 3.05) is 11.9 Å². The molecule has 1 N–H and O–H groups in total. The molecule has 6 nitrogen and oxygen atoms in total. The molecular weight excluding hydrogens is 414 g/mol. The van der Waals surface area contributed by atoms with Gasteiger partial charge in [-0.3, -0.25) is 0 Å². The van der Waals surface area contributed by atoms with Gasteiger partial charge in [0.2, 0.25) is 11.6 Å². The predicted octanol–water partition coefficient (Wildman–Crippen LogP) is 4.32. The van der Waals surface area contributed by atoms with E-state index in [2.05, 4.69) is 20.4 Å². The summed E-state index contributed by atoms with van der Waals surface area (Å²) in [5.41, 5.74) is -1.10. The number of anilines is 1. The number of hydrogen-bond acceptors (Lipinski definition) is 5. The lowest BCUT2D eigenvalue weighted by Crippen LogP contribution is -2.20. The molecule has 1 aromatic carbocycles. The summed E-state index contributed by atoms with van der Waals surface area (Å²) >= 11 is 6.15. The smallest absolute Gasteiger partial charge is 0.254 e. The molecule has 29 heavy (non-hydrogen) atoms. The van der Waals surface area contributed by atoms with Gasteiger partial charge in [-0.15, -0.1) is 11.6 Å². The topological polar surface area (TPSA) is 64.3 Å². The maximum absolute atomic E-state index is 14.8. The van der Waals surface area contributed by atoms with E-state index in [9.17, 15) is 17.6 Å². The van der Waals surface area contributed by atoms with Crippen molar-refractivity contribution in [1.82, 2.24) is 19.6 Å². The number of alkyl halides is 1. The fraction of sp³-hybridized carbons (Fsp3) is 0.389. The van der Waals surface area contributed by atoms with Gasteiger partial charge >= 0.3 is 0 Å². The number of nitrogens with one attached hydrogen (secondary N) is 1. The van der Waals surface area contributed by atoms with Gasteiger partial charge in [0, 0.05) is 23.2 Å². The second-order valence-corrected chi connectivity index (χ2v) is 7.25. The summed E-state index contributed by atoms with van der Waals surface area (Å²) < 4.78 is 64.4. The molecule has 0 amide bonds. The Kier molecular flexibility index (Phi) is 5.20. The van der Waals surface area contributed by atoms with Crippen molar-refractivity contribution in [3.05, 3.63) is 35.8 Å². The van der Waals surface area contributed by atoms with Gasteiger partial charge in [0.15, 0.2) is 17.4 Å². The Morgan fingerprint density at radius 2 is 1.86 bits per heavy atom. The van der Waals surface area contributed by atoms with Gasteiger partial charge in [-0.05, 0) is 26.2 Å². The summed E-state index contributed by atoms with van der Waals surface area (Å²) in [6, 6.07) is -0.116. The Labute approximate surface area is 167 Å². The molecule has 2 heterocycles. The zero-order valence-electron chi connectivity index (χ0n) is 15.2. The molecule has 154 valence electrons. The van der Waals surface area contributed by atoms with Crippen LogP contribution in [0.3, 0.4) is 0 Å². The summed E-state index contributed by atoms with van der Waals surface area (Å²) in [4.78, 5) is 7.92. The van der Waals surface area contributed by atoms with Crippen molar-refractivity contribution in [1.29, 1.82) is 0 Å². The first-order valence-corrected chi connectivity index (χ1v) is 9.44. The molecule has 1 fully saturated rings. The number of aromatic nitrogens is 4. The van der Waals surface area contributed by atoms with Crippen LogP contribution in [-0.2, 0) is 0 Å². The minimum atomic E-state index is -1.62. The van der Waals surface area contributed by atoms with E-state index in [1.807, 2.05) is 0 Å². The molecule has 0 saturated heterocycles. The largest absolute Gasteiger partial charge is 0.488 e. The van der Waals surface area contributed by atoms with Crippen molar-refractivity contribution in [2.24, 2.45) is 0 Å². The minimum Gasteiger partial charge on any atom is -0.488 e. The molecular formula is C18H16ClF4N5O. The maximum Gasteiger partial charge on any atom is 0.254 e. The molecule has 0 bridgehead atoms. The van der Waals surface area contributed by atoms with Crippen molar-refractivity contribution < 1.29 is 22.3 Å². The van der Waals surface area contributed by atoms with Gasteiger partial charge in [0.05, 0.1) is 12.2 Å². The van der Waals surface area contributed by atoms with Crippen LogP contribution in [-0.4, -0.2) is 37.6 Å². The highest BCUT2D eigenvalue weighted by atomic mass is 35.5. The zero-order valence-corrected chi connectivity index (χ0v) is 16.0. The molecule has 3 aromatic rings. The third-order valence-electron chi connectivity index (χ3n) is 4.80. The molecule has 11 heteroatoms. The van der Waals surface area contributed by atoms with Crippen molar-refractivity contribution in [3.63, 3.8) is 0 Å². The number of rotatable bonds is 5. The molecule has 1 aliphatic rings. The molecule has 2 atom stereocenters. The van der Waals surface area contributed by atoms with E-state index in [4.69, 9.17) is 16.3 Å². The van der Waals surface area contributed by atoms with Crippen LogP contribution in [0.1, 0.15) is 26.2 Å². The highest BCUT2D eigenvalue weighted by Gasteiger charge is 2.31. The molecule has 0 aliphatic heterocycles. The Balaban J connectivity index is 1.91. The maximum atomic E-state index is 14.8. The van der Waals surface area contributed by atoms with Crippen LogP contribution in [0.2, 0.25) is 0 Å². The van der Waals surface area contributed by atoms with Gasteiger partial charge in [-0.1, -0.05) is 0 Å². The van der Waals surface area contributed by atoms with Crippen molar-refractivity contribution in [3.8, 4) is 16.9 Å². The zero-order chi connectivity index (χ0) is 20.7. The number of hydrogen-bond donors (Lipinski definition) is 1. The Bertz CT molecular complexity index is 1050. The van der Waals surface area contributed by atoms with Crippen LogP contribution in [0.25, 0.3) is 16.9 Å². The van der Waals surface area contributed by atoms with E-state index < -0.39 is 34.6 Å². The summed E-state index contributed by atoms with van der Waals surface area (Å²) in [5.74, 6) is -7.24. The second kappa shape index (κ2) is 7.66. The lowest BCUT2D eigenvalue weighted by Gasteiger charge is -2.19. The van der Waals surface area contributed by atoms with E-state index in [1.165, 1.54) is 17.8 Å². The van der Waals surface area contributed by atoms with Crippen molar-refractivity contribution in [2.45, 2.75) is 37.6 Å². The SMILES string of the molecule is CCOc1c(F)c(F)c(-c2cnc3ncnn3c2NC2CCC(Cl)C2)c(F)c1F. The Morgan fingerprint density at radius 1 is 1.14 bits per heavy atom. The molecule has 2 unspecified atom stereocenters. The van der Waals surface area contributed by atoms with Crippen molar-refractivity contribution >= 4 is 23.2 Å². The van der Waals surface area contributed by atoms with Crippen LogP contribution >= 0.6 is 11.6 Å². The number of halogens is 5. The standard InChI is InChI=1S/C18H16ClF4N5O/c1-2-29-16-14(22)12(20)11(13(21)15(16)23)10-6-24-18-25-7-26-28(18)17(10)27-9-4-3-8(19)5-9/h6-9,27H,2-5H2,1H3. The third kappa shape index (κ3) is 3.35. The summed E-state index contributed by atoms with van der Waals surface area (Å²) in [5, 5.41) is 7.09. The van der Waals surface area contributed by atoms with E-state index in [0.717, 1.165) is 12.6 Å². The van der Waals surface area contributed by atoms with Crippen LogP contribution in [0.15, 0.2) is 12.5 Å². The van der Waals surface area contributed by atoms with Gasteiger partial charge in [-0.2, -0.15) is 23.4 Å². The van der Waals surface area contributed by atoms with Crippen LogP contribution in [0, 0.1) is 23.3 Å². The number of fused-ring (bicyclic) bond motifs is 1. The first-order chi connectivity index (χ1) is 13.9. The number of benzene rings is 1. The van der Waals surface area contributed by atoms with E-state index in [1.54, 1.807) is 0 Å². The quantitative estimate of drug-likeness (QED) is 0.372. The second-order valence-electron chi connectivity index (χ2n) is 6.64. The highest BCUT2D eigenvalue weighted by Crippen LogP contribution is 2.39. The Hall–Kier alpha value is -2.62. The van der Waals surface area contributed by atoms with E-state index in [0.29, 0.717) is 12.8 Å². The lowest BCUT2D eigenvalue weighted by atomic mass is 10.0. The van der Waals surface area contributed by atoms with Crippen LogP contribution in [0.5, 0.6) is 5.75 Å². The normalized spacial score (nSPS) is 19.1. The fourth-order valence-electron chi connectivity index (χ4n) is 3.47. The number of nitrogens with zero attached hydrogens (tertiary/aromatic N) is 4. The van der Waals surface area contributed by atoms with Gasteiger partial charge in [0.25, 0.3) is 5.78 Å². The minimum absolute atomic E-state index is 0.0436. The van der Waals surface area contributed by atoms with Gasteiger partial charge in [-0.25, -0.2) is 13.8 Å². The summed E-state index contributed by atoms with van der Waals surface area (Å²) in [6.45, 7) is 1.28.